The Labute approximate surface area is 98.5 Å². The fraction of sp³-hybridized carbons (Fsp3) is 0.545. The number of anilines is 1. The Balaban J connectivity index is 2.02. The summed E-state index contributed by atoms with van der Waals surface area (Å²) in [5.74, 6) is -0.141. The van der Waals surface area contributed by atoms with E-state index in [0.29, 0.717) is 17.0 Å². The fourth-order valence-corrected chi connectivity index (χ4v) is 2.60. The number of carbonyl (C=O) groups is 1. The van der Waals surface area contributed by atoms with Crippen molar-refractivity contribution in [1.82, 2.24) is 5.32 Å². The molecule has 4 nitrogen and oxygen atoms in total. The number of nitrogens with one attached hydrogen (secondary N) is 1. The number of carbonyl (C=O) groups excluding carboxylic acids is 1. The van der Waals surface area contributed by atoms with Gasteiger partial charge in [-0.15, -0.1) is 11.3 Å². The fourth-order valence-electron chi connectivity index (χ4n) is 1.87. The minimum Gasteiger partial charge on any atom is -0.397 e. The molecule has 1 aromatic rings. The molecule has 1 aromatic heterocycles. The van der Waals surface area contributed by atoms with Crippen molar-refractivity contribution < 1.29 is 9.90 Å². The average Bonchev–Trinajstić information content (AvgIpc) is 2.64. The maximum atomic E-state index is 11.9. The van der Waals surface area contributed by atoms with Gasteiger partial charge in [0.15, 0.2) is 0 Å². The number of nitrogens with two attached hydrogens (primary N) is 1. The minimum atomic E-state index is -0.335. The zero-order chi connectivity index (χ0) is 11.9. The summed E-state index contributed by atoms with van der Waals surface area (Å²) in [4.78, 5) is 12.4. The molecule has 1 saturated carbocycles. The standard InChI is InChI=1S/C11H16N2O2S/c1-11(2)7(5-8(11)14)13-10(15)9-6(12)3-4-16-9/h3-4,7-8,14H,5,12H2,1-2H3,(H,13,15). The smallest absolute Gasteiger partial charge is 0.263 e. The van der Waals surface area contributed by atoms with E-state index in [-0.39, 0.29) is 23.5 Å². The molecule has 0 bridgehead atoms. The third-order valence-electron chi connectivity index (χ3n) is 3.42. The number of aliphatic hydroxyl groups excluding tert-OH is 1. The summed E-state index contributed by atoms with van der Waals surface area (Å²) < 4.78 is 0. The maximum absolute atomic E-state index is 11.9. The van der Waals surface area contributed by atoms with Crippen molar-refractivity contribution in [3.63, 3.8) is 0 Å². The Morgan fingerprint density at radius 3 is 2.81 bits per heavy atom. The first-order chi connectivity index (χ1) is 7.43. The van der Waals surface area contributed by atoms with Crippen LogP contribution in [-0.4, -0.2) is 23.2 Å². The number of hydrogen-bond donors (Lipinski definition) is 3. The highest BCUT2D eigenvalue weighted by Crippen LogP contribution is 2.40. The van der Waals surface area contributed by atoms with Gasteiger partial charge in [0.05, 0.1) is 11.8 Å². The molecule has 0 spiro atoms. The van der Waals surface area contributed by atoms with Gasteiger partial charge in [0, 0.05) is 11.5 Å². The lowest BCUT2D eigenvalue weighted by Gasteiger charge is -2.49. The largest absolute Gasteiger partial charge is 0.397 e. The van der Waals surface area contributed by atoms with Crippen molar-refractivity contribution in [1.29, 1.82) is 0 Å². The Bertz CT molecular complexity index is 414. The molecule has 1 amide bonds. The molecule has 1 heterocycles. The van der Waals surface area contributed by atoms with Crippen molar-refractivity contribution in [3.05, 3.63) is 16.3 Å². The molecule has 2 unspecified atom stereocenters. The molecule has 0 aromatic carbocycles. The monoisotopic (exact) mass is 240 g/mol. The molecule has 0 radical (unpaired) electrons. The summed E-state index contributed by atoms with van der Waals surface area (Å²) >= 11 is 1.34. The Morgan fingerprint density at radius 1 is 1.69 bits per heavy atom. The summed E-state index contributed by atoms with van der Waals surface area (Å²) in [7, 11) is 0. The van der Waals surface area contributed by atoms with Crippen LogP contribution < -0.4 is 11.1 Å². The van der Waals surface area contributed by atoms with Gasteiger partial charge in [-0.1, -0.05) is 13.8 Å². The second kappa shape index (κ2) is 3.75. The summed E-state index contributed by atoms with van der Waals surface area (Å²) in [6, 6.07) is 1.75. The normalized spacial score (nSPS) is 27.2. The van der Waals surface area contributed by atoms with Crippen LogP contribution in [-0.2, 0) is 0 Å². The van der Waals surface area contributed by atoms with Crippen molar-refractivity contribution >= 4 is 22.9 Å². The third-order valence-corrected chi connectivity index (χ3v) is 4.35. The molecule has 16 heavy (non-hydrogen) atoms. The Morgan fingerprint density at radius 2 is 2.38 bits per heavy atom. The Kier molecular flexibility index (Phi) is 2.67. The zero-order valence-electron chi connectivity index (χ0n) is 9.36. The topological polar surface area (TPSA) is 75.3 Å². The molecule has 0 saturated heterocycles. The lowest BCUT2D eigenvalue weighted by atomic mass is 9.64. The molecule has 2 rings (SSSR count). The molecule has 2 atom stereocenters. The van der Waals surface area contributed by atoms with Crippen molar-refractivity contribution in [2.45, 2.75) is 32.4 Å². The number of rotatable bonds is 2. The summed E-state index contributed by atoms with van der Waals surface area (Å²) in [6.45, 7) is 3.90. The number of hydrogen-bond acceptors (Lipinski definition) is 4. The molecular weight excluding hydrogens is 224 g/mol. The van der Waals surface area contributed by atoms with E-state index in [0.717, 1.165) is 0 Å². The molecule has 1 aliphatic rings. The summed E-state index contributed by atoms with van der Waals surface area (Å²) in [5, 5.41) is 14.3. The first-order valence-electron chi connectivity index (χ1n) is 5.25. The Hall–Kier alpha value is -1.07. The molecule has 0 aliphatic heterocycles. The minimum absolute atomic E-state index is 0.0245. The number of amides is 1. The van der Waals surface area contributed by atoms with Gasteiger partial charge in [0.2, 0.25) is 0 Å². The van der Waals surface area contributed by atoms with Gasteiger partial charge >= 0.3 is 0 Å². The van der Waals surface area contributed by atoms with E-state index in [1.807, 2.05) is 13.8 Å². The second-order valence-electron chi connectivity index (χ2n) is 4.80. The van der Waals surface area contributed by atoms with Crippen LogP contribution in [0, 0.1) is 5.41 Å². The molecule has 1 aliphatic carbocycles. The van der Waals surface area contributed by atoms with E-state index in [2.05, 4.69) is 5.32 Å². The van der Waals surface area contributed by atoms with Crippen LogP contribution >= 0.6 is 11.3 Å². The highest BCUT2D eigenvalue weighted by Gasteiger charge is 2.48. The van der Waals surface area contributed by atoms with Crippen LogP contribution in [0.15, 0.2) is 11.4 Å². The van der Waals surface area contributed by atoms with Crippen molar-refractivity contribution in [2.75, 3.05) is 5.73 Å². The summed E-state index contributed by atoms with van der Waals surface area (Å²) in [6.07, 6.45) is 0.280. The van der Waals surface area contributed by atoms with E-state index in [9.17, 15) is 9.90 Å². The first kappa shape index (κ1) is 11.4. The summed E-state index contributed by atoms with van der Waals surface area (Å²) in [5.41, 5.74) is 5.94. The van der Waals surface area contributed by atoms with E-state index in [1.54, 1.807) is 11.4 Å². The van der Waals surface area contributed by atoms with Crippen LogP contribution in [0.4, 0.5) is 5.69 Å². The van der Waals surface area contributed by atoms with Gasteiger partial charge in [0.1, 0.15) is 4.88 Å². The van der Waals surface area contributed by atoms with E-state index in [4.69, 9.17) is 5.73 Å². The first-order valence-corrected chi connectivity index (χ1v) is 6.13. The van der Waals surface area contributed by atoms with Gasteiger partial charge in [-0.2, -0.15) is 0 Å². The lowest BCUT2D eigenvalue weighted by molar-refractivity contribution is -0.0689. The molecule has 5 heteroatoms. The van der Waals surface area contributed by atoms with Crippen LogP contribution in [0.25, 0.3) is 0 Å². The highest BCUT2D eigenvalue weighted by atomic mass is 32.1. The van der Waals surface area contributed by atoms with Crippen LogP contribution in [0.3, 0.4) is 0 Å². The molecule has 1 fully saturated rings. The van der Waals surface area contributed by atoms with Gasteiger partial charge < -0.3 is 16.2 Å². The lowest BCUT2D eigenvalue weighted by Crippen LogP contribution is -2.61. The predicted molar refractivity (Wildman–Crippen MR) is 64.4 cm³/mol. The molecular formula is C11H16N2O2S. The molecule has 88 valence electrons. The maximum Gasteiger partial charge on any atom is 0.263 e. The van der Waals surface area contributed by atoms with Gasteiger partial charge in [-0.05, 0) is 17.9 Å². The van der Waals surface area contributed by atoms with Crippen molar-refractivity contribution in [3.8, 4) is 0 Å². The zero-order valence-corrected chi connectivity index (χ0v) is 10.2. The SMILES string of the molecule is CC1(C)C(O)CC1NC(=O)c1sccc1N. The van der Waals surface area contributed by atoms with E-state index < -0.39 is 0 Å². The van der Waals surface area contributed by atoms with Crippen LogP contribution in [0.2, 0.25) is 0 Å². The van der Waals surface area contributed by atoms with Gasteiger partial charge in [-0.25, -0.2) is 0 Å². The van der Waals surface area contributed by atoms with Crippen LogP contribution in [0.1, 0.15) is 29.9 Å². The second-order valence-corrected chi connectivity index (χ2v) is 5.72. The average molecular weight is 240 g/mol. The number of aliphatic hydroxyl groups is 1. The van der Waals surface area contributed by atoms with Gasteiger partial charge in [-0.3, -0.25) is 4.79 Å². The van der Waals surface area contributed by atoms with Gasteiger partial charge in [0.25, 0.3) is 5.91 Å². The number of nitrogen functional groups attached to an aromatic ring is 1. The number of thiophene rings is 1. The highest BCUT2D eigenvalue weighted by molar-refractivity contribution is 7.12. The third kappa shape index (κ3) is 1.70. The van der Waals surface area contributed by atoms with Crippen LogP contribution in [0.5, 0.6) is 0 Å². The van der Waals surface area contributed by atoms with Crippen molar-refractivity contribution in [2.24, 2.45) is 5.41 Å². The van der Waals surface area contributed by atoms with E-state index >= 15 is 0 Å². The quantitative estimate of drug-likeness (QED) is 0.727. The van der Waals surface area contributed by atoms with E-state index in [1.165, 1.54) is 11.3 Å². The predicted octanol–water partition coefficient (Wildman–Crippen LogP) is 1.22. The molecule has 4 N–H and O–H groups in total.